The van der Waals surface area contributed by atoms with Crippen LogP contribution in [0.15, 0.2) is 30.3 Å². The molecule has 3 heteroatoms. The molecule has 2 nitrogen and oxygen atoms in total. The molecule has 0 unspecified atom stereocenters. The van der Waals surface area contributed by atoms with Crippen molar-refractivity contribution in [3.63, 3.8) is 0 Å². The number of halogens is 1. The Balaban J connectivity index is 1.19. The lowest BCUT2D eigenvalue weighted by atomic mass is 9.92. The van der Waals surface area contributed by atoms with Gasteiger partial charge in [-0.05, 0) is 43.6 Å². The average Bonchev–Trinajstić information content (AvgIpc) is 3.22. The molecule has 4 rings (SSSR count). The topological polar surface area (TPSA) is 15.3 Å². The van der Waals surface area contributed by atoms with Gasteiger partial charge in [-0.1, -0.05) is 43.2 Å². The van der Waals surface area contributed by atoms with Crippen LogP contribution in [-0.2, 0) is 0 Å². The van der Waals surface area contributed by atoms with E-state index in [1.54, 1.807) is 0 Å². The van der Waals surface area contributed by atoms with E-state index in [4.69, 9.17) is 0 Å². The molecule has 1 N–H and O–H groups in total. The highest BCUT2D eigenvalue weighted by Gasteiger charge is 2.41. The van der Waals surface area contributed by atoms with Gasteiger partial charge in [0.05, 0.1) is 0 Å². The first-order valence-electron chi connectivity index (χ1n) is 9.91. The van der Waals surface area contributed by atoms with Gasteiger partial charge in [-0.25, -0.2) is 4.39 Å². The summed E-state index contributed by atoms with van der Waals surface area (Å²) in [6.45, 7) is 3.64. The average molecular weight is 330 g/mol. The van der Waals surface area contributed by atoms with Crippen molar-refractivity contribution in [1.29, 1.82) is 0 Å². The summed E-state index contributed by atoms with van der Waals surface area (Å²) >= 11 is 0. The van der Waals surface area contributed by atoms with Gasteiger partial charge in [-0.3, -0.25) is 0 Å². The molecule has 132 valence electrons. The second kappa shape index (κ2) is 7.13. The maximum absolute atomic E-state index is 15.1. The summed E-state index contributed by atoms with van der Waals surface area (Å²) in [6, 6.07) is 11.1. The Labute approximate surface area is 145 Å². The van der Waals surface area contributed by atoms with Gasteiger partial charge in [0.25, 0.3) is 0 Å². The molecule has 1 heterocycles. The van der Waals surface area contributed by atoms with Crippen molar-refractivity contribution in [2.45, 2.75) is 62.6 Å². The lowest BCUT2D eigenvalue weighted by Crippen LogP contribution is -2.48. The first-order chi connectivity index (χ1) is 11.7. The Morgan fingerprint density at radius 2 is 1.79 bits per heavy atom. The molecule has 1 saturated heterocycles. The van der Waals surface area contributed by atoms with E-state index in [0.29, 0.717) is 31.3 Å². The van der Waals surface area contributed by atoms with Crippen molar-refractivity contribution in [2.75, 3.05) is 26.2 Å². The van der Waals surface area contributed by atoms with E-state index in [1.807, 2.05) is 0 Å². The van der Waals surface area contributed by atoms with Crippen LogP contribution < -0.4 is 5.32 Å². The van der Waals surface area contributed by atoms with Crippen molar-refractivity contribution in [3.05, 3.63) is 35.9 Å². The maximum atomic E-state index is 15.1. The number of likely N-dealkylation sites (tertiary alicyclic amines) is 1. The summed E-state index contributed by atoms with van der Waals surface area (Å²) in [4.78, 5) is 2.51. The molecule has 2 saturated carbocycles. The summed E-state index contributed by atoms with van der Waals surface area (Å²) < 4.78 is 15.1. The second-order valence-corrected chi connectivity index (χ2v) is 8.34. The molecular weight excluding hydrogens is 299 g/mol. The zero-order valence-electron chi connectivity index (χ0n) is 14.7. The molecule has 3 fully saturated rings. The molecule has 1 aliphatic heterocycles. The Bertz CT molecular complexity index is 518. The molecule has 0 spiro atoms. The molecule has 0 radical (unpaired) electrons. The summed E-state index contributed by atoms with van der Waals surface area (Å²) in [5, 5.41) is 3.51. The zero-order valence-corrected chi connectivity index (χ0v) is 14.7. The Morgan fingerprint density at radius 3 is 2.50 bits per heavy atom. The van der Waals surface area contributed by atoms with Gasteiger partial charge in [0.15, 0.2) is 0 Å². The minimum atomic E-state index is -0.990. The highest BCUT2D eigenvalue weighted by atomic mass is 19.1. The van der Waals surface area contributed by atoms with Crippen molar-refractivity contribution in [1.82, 2.24) is 10.2 Å². The fourth-order valence-electron chi connectivity index (χ4n) is 4.67. The van der Waals surface area contributed by atoms with Gasteiger partial charge in [-0.2, -0.15) is 0 Å². The summed E-state index contributed by atoms with van der Waals surface area (Å²) in [7, 11) is 0. The summed E-state index contributed by atoms with van der Waals surface area (Å²) in [6.07, 6.45) is 8.15. The quantitative estimate of drug-likeness (QED) is 0.844. The van der Waals surface area contributed by atoms with Gasteiger partial charge in [-0.15, -0.1) is 0 Å². The molecule has 2 aliphatic carbocycles. The number of rotatable bonds is 6. The second-order valence-electron chi connectivity index (χ2n) is 8.34. The third kappa shape index (κ3) is 4.00. The SMILES string of the molecule is FC1(CN[C@@H]2C[C@H]2c2ccccc2)CCN(CC2CCCC2)CC1. The third-order valence-electron chi connectivity index (χ3n) is 6.44. The van der Waals surface area contributed by atoms with Crippen LogP contribution in [0, 0.1) is 5.92 Å². The van der Waals surface area contributed by atoms with Crippen molar-refractivity contribution in [3.8, 4) is 0 Å². The minimum Gasteiger partial charge on any atom is -0.310 e. The van der Waals surface area contributed by atoms with Crippen LogP contribution in [-0.4, -0.2) is 42.8 Å². The third-order valence-corrected chi connectivity index (χ3v) is 6.44. The van der Waals surface area contributed by atoms with Crippen LogP contribution in [0.3, 0.4) is 0 Å². The van der Waals surface area contributed by atoms with Gasteiger partial charge >= 0.3 is 0 Å². The number of nitrogens with zero attached hydrogens (tertiary/aromatic N) is 1. The van der Waals surface area contributed by atoms with Gasteiger partial charge in [0.2, 0.25) is 0 Å². The van der Waals surface area contributed by atoms with Gasteiger partial charge < -0.3 is 10.2 Å². The first-order valence-corrected chi connectivity index (χ1v) is 9.91. The van der Waals surface area contributed by atoms with Crippen molar-refractivity contribution < 1.29 is 4.39 Å². The number of alkyl halides is 1. The predicted octanol–water partition coefficient (Wildman–Crippen LogP) is 4.13. The first kappa shape index (κ1) is 16.5. The monoisotopic (exact) mass is 330 g/mol. The van der Waals surface area contributed by atoms with Crippen molar-refractivity contribution >= 4 is 0 Å². The standard InChI is InChI=1S/C21H31FN2/c22-21(10-12-24(13-11-21)15-17-6-4-5-7-17)16-23-20-14-19(20)18-8-2-1-3-9-18/h1-3,8-9,17,19-20,23H,4-7,10-16H2/t19-,20+/m0/s1. The molecule has 1 aromatic rings. The number of nitrogens with one attached hydrogen (secondary N) is 1. The molecule has 0 amide bonds. The van der Waals surface area contributed by atoms with Crippen LogP contribution in [0.5, 0.6) is 0 Å². The Kier molecular flexibility index (Phi) is 4.91. The van der Waals surface area contributed by atoms with Crippen LogP contribution in [0.1, 0.15) is 56.4 Å². The molecule has 1 aromatic carbocycles. The molecular formula is C21H31FN2. The Morgan fingerprint density at radius 1 is 1.08 bits per heavy atom. The van der Waals surface area contributed by atoms with Crippen LogP contribution in [0.25, 0.3) is 0 Å². The van der Waals surface area contributed by atoms with E-state index >= 15 is 4.39 Å². The smallest absolute Gasteiger partial charge is 0.125 e. The van der Waals surface area contributed by atoms with Crippen LogP contribution >= 0.6 is 0 Å². The number of hydrogen-bond donors (Lipinski definition) is 1. The van der Waals surface area contributed by atoms with E-state index in [9.17, 15) is 0 Å². The highest BCUT2D eigenvalue weighted by molar-refractivity contribution is 5.27. The Hall–Kier alpha value is -0.930. The zero-order chi connectivity index (χ0) is 16.4. The summed E-state index contributed by atoms with van der Waals surface area (Å²) in [5.74, 6) is 1.48. The van der Waals surface area contributed by atoms with Crippen LogP contribution in [0.2, 0.25) is 0 Å². The molecule has 3 aliphatic rings. The predicted molar refractivity (Wildman–Crippen MR) is 97.1 cm³/mol. The molecule has 0 aromatic heterocycles. The number of piperidine rings is 1. The molecule has 0 bridgehead atoms. The highest BCUT2D eigenvalue weighted by Crippen LogP contribution is 2.41. The van der Waals surface area contributed by atoms with E-state index < -0.39 is 5.67 Å². The number of benzene rings is 1. The van der Waals surface area contributed by atoms with Crippen LogP contribution in [0.4, 0.5) is 4.39 Å². The van der Waals surface area contributed by atoms with Gasteiger partial charge in [0, 0.05) is 38.1 Å². The van der Waals surface area contributed by atoms with E-state index in [2.05, 4.69) is 40.5 Å². The molecule has 2 atom stereocenters. The molecule has 24 heavy (non-hydrogen) atoms. The van der Waals surface area contributed by atoms with E-state index in [1.165, 1.54) is 37.8 Å². The minimum absolute atomic E-state index is 0.483. The fourth-order valence-corrected chi connectivity index (χ4v) is 4.67. The fraction of sp³-hybridized carbons (Fsp3) is 0.714. The van der Waals surface area contributed by atoms with E-state index in [-0.39, 0.29) is 0 Å². The van der Waals surface area contributed by atoms with Gasteiger partial charge in [0.1, 0.15) is 5.67 Å². The lowest BCUT2D eigenvalue weighted by molar-refractivity contribution is 0.0512. The summed E-state index contributed by atoms with van der Waals surface area (Å²) in [5.41, 5.74) is 0.407. The largest absolute Gasteiger partial charge is 0.310 e. The lowest BCUT2D eigenvalue weighted by Gasteiger charge is -2.37. The van der Waals surface area contributed by atoms with E-state index in [0.717, 1.165) is 25.4 Å². The maximum Gasteiger partial charge on any atom is 0.125 e. The van der Waals surface area contributed by atoms with Crippen molar-refractivity contribution in [2.24, 2.45) is 5.92 Å². The normalized spacial score (nSPS) is 30.5. The number of hydrogen-bond acceptors (Lipinski definition) is 2.